The highest BCUT2D eigenvalue weighted by Crippen LogP contribution is 2.44. The van der Waals surface area contributed by atoms with Crippen LogP contribution in [0, 0.1) is 17.8 Å². The lowest BCUT2D eigenvalue weighted by Crippen LogP contribution is -2.25. The predicted molar refractivity (Wildman–Crippen MR) is 106 cm³/mol. The van der Waals surface area contributed by atoms with Crippen LogP contribution in [-0.4, -0.2) is 0 Å². The zero-order valence-electron chi connectivity index (χ0n) is 16.7. The summed E-state index contributed by atoms with van der Waals surface area (Å²) in [6.45, 7) is 2.28. The highest BCUT2D eigenvalue weighted by Gasteiger charge is 2.32. The molecule has 2 aliphatic rings. The van der Waals surface area contributed by atoms with Crippen molar-refractivity contribution in [1.29, 1.82) is 0 Å². The minimum absolute atomic E-state index is 0.453. The highest BCUT2D eigenvalue weighted by molar-refractivity contribution is 5.27. The largest absolute Gasteiger partial charge is 0.416 e. The third kappa shape index (κ3) is 5.74. The summed E-state index contributed by atoms with van der Waals surface area (Å²) in [5.74, 6) is 3.18. The van der Waals surface area contributed by atoms with Gasteiger partial charge in [-0.3, -0.25) is 0 Å². The molecule has 2 aliphatic carbocycles. The summed E-state index contributed by atoms with van der Waals surface area (Å²) in [4.78, 5) is 0. The number of hydrogen-bond donors (Lipinski definition) is 0. The molecular weight excluding hydrogens is 345 g/mol. The molecule has 0 atom stereocenters. The van der Waals surface area contributed by atoms with Crippen molar-refractivity contribution < 1.29 is 13.2 Å². The molecule has 0 radical (unpaired) electrons. The molecule has 0 amide bonds. The van der Waals surface area contributed by atoms with Crippen LogP contribution in [0.1, 0.15) is 101 Å². The number of rotatable bonds is 6. The van der Waals surface area contributed by atoms with Gasteiger partial charge in [-0.2, -0.15) is 13.2 Å². The maximum atomic E-state index is 12.7. The van der Waals surface area contributed by atoms with E-state index in [0.29, 0.717) is 5.92 Å². The lowest BCUT2D eigenvalue weighted by molar-refractivity contribution is -0.137. The average molecular weight is 381 g/mol. The van der Waals surface area contributed by atoms with Crippen molar-refractivity contribution >= 4 is 0 Å². The van der Waals surface area contributed by atoms with Crippen LogP contribution in [0.4, 0.5) is 13.2 Å². The van der Waals surface area contributed by atoms with Crippen molar-refractivity contribution in [3.63, 3.8) is 0 Å². The second-order valence-electron chi connectivity index (χ2n) is 9.01. The van der Waals surface area contributed by atoms with E-state index in [2.05, 4.69) is 6.92 Å². The number of hydrogen-bond acceptors (Lipinski definition) is 0. The van der Waals surface area contributed by atoms with Gasteiger partial charge in [0.2, 0.25) is 0 Å². The van der Waals surface area contributed by atoms with Gasteiger partial charge in [-0.05, 0) is 79.9 Å². The maximum absolute atomic E-state index is 12.7. The highest BCUT2D eigenvalue weighted by atomic mass is 19.4. The molecule has 0 saturated heterocycles. The van der Waals surface area contributed by atoms with Crippen molar-refractivity contribution in [2.45, 2.75) is 96.1 Å². The number of alkyl halides is 3. The Kier molecular flexibility index (Phi) is 7.28. The predicted octanol–water partition coefficient (Wildman–Crippen LogP) is 8.37. The number of benzene rings is 1. The van der Waals surface area contributed by atoms with Gasteiger partial charge >= 0.3 is 6.18 Å². The van der Waals surface area contributed by atoms with Crippen molar-refractivity contribution in [2.24, 2.45) is 17.8 Å². The zero-order valence-corrected chi connectivity index (χ0v) is 16.7. The van der Waals surface area contributed by atoms with Crippen LogP contribution >= 0.6 is 0 Å². The third-order valence-corrected chi connectivity index (χ3v) is 7.26. The minimum Gasteiger partial charge on any atom is -0.166 e. The Morgan fingerprint density at radius 2 is 1.33 bits per heavy atom. The molecule has 1 aromatic carbocycles. The van der Waals surface area contributed by atoms with Gasteiger partial charge in [0.1, 0.15) is 0 Å². The van der Waals surface area contributed by atoms with Crippen molar-refractivity contribution in [2.75, 3.05) is 0 Å². The number of halogens is 3. The normalized spacial score (nSPS) is 29.6. The molecule has 2 saturated carbocycles. The molecule has 0 spiro atoms. The molecular formula is C24H35F3. The first-order valence-electron chi connectivity index (χ1n) is 11.1. The summed E-state index contributed by atoms with van der Waals surface area (Å²) < 4.78 is 38.2. The molecule has 0 heterocycles. The standard InChI is InChI=1S/C24H35F3/c1-2-3-4-5-18-6-8-19(9-7-18)20-10-12-21(13-11-20)22-14-16-23(17-15-22)24(25,26)27/h14-21H,2-13H2,1H3/t18-,19-,20?,21?. The molecule has 0 bridgehead atoms. The van der Waals surface area contributed by atoms with Gasteiger partial charge in [0.15, 0.2) is 0 Å². The summed E-state index contributed by atoms with van der Waals surface area (Å²) >= 11 is 0. The molecule has 0 nitrogen and oxygen atoms in total. The van der Waals surface area contributed by atoms with Crippen LogP contribution in [0.5, 0.6) is 0 Å². The summed E-state index contributed by atoms with van der Waals surface area (Å²) in [6.07, 6.45) is 11.8. The summed E-state index contributed by atoms with van der Waals surface area (Å²) in [6, 6.07) is 5.91. The molecule has 3 rings (SSSR count). The fraction of sp³-hybridized carbons (Fsp3) is 0.750. The third-order valence-electron chi connectivity index (χ3n) is 7.26. The van der Waals surface area contributed by atoms with Gasteiger partial charge in [-0.25, -0.2) is 0 Å². The van der Waals surface area contributed by atoms with Gasteiger partial charge in [0, 0.05) is 0 Å². The summed E-state index contributed by atoms with van der Waals surface area (Å²) in [7, 11) is 0. The Bertz CT molecular complexity index is 544. The summed E-state index contributed by atoms with van der Waals surface area (Å²) in [5, 5.41) is 0. The van der Waals surface area contributed by atoms with Crippen LogP contribution in [0.25, 0.3) is 0 Å². The fourth-order valence-electron chi connectivity index (χ4n) is 5.50. The van der Waals surface area contributed by atoms with Crippen LogP contribution < -0.4 is 0 Å². The average Bonchev–Trinajstić information content (AvgIpc) is 2.68. The summed E-state index contributed by atoms with van der Waals surface area (Å²) in [5.41, 5.74) is 0.566. The smallest absolute Gasteiger partial charge is 0.166 e. The molecule has 1 aromatic rings. The van der Waals surface area contributed by atoms with Crippen LogP contribution in [-0.2, 0) is 6.18 Å². The van der Waals surface area contributed by atoms with Gasteiger partial charge in [0.05, 0.1) is 5.56 Å². The molecule has 0 unspecified atom stereocenters. The molecule has 0 N–H and O–H groups in total. The Labute approximate surface area is 162 Å². The zero-order chi connectivity index (χ0) is 19.3. The second-order valence-corrected chi connectivity index (χ2v) is 9.01. The minimum atomic E-state index is -4.23. The van der Waals surface area contributed by atoms with Gasteiger partial charge < -0.3 is 0 Å². The quantitative estimate of drug-likeness (QED) is 0.435. The Morgan fingerprint density at radius 3 is 1.85 bits per heavy atom. The molecule has 152 valence electrons. The molecule has 0 aromatic heterocycles. The van der Waals surface area contributed by atoms with E-state index in [4.69, 9.17) is 0 Å². The lowest BCUT2D eigenvalue weighted by Gasteiger charge is -2.38. The SMILES string of the molecule is CCCCC[C@H]1CC[C@H](C2CCC(c3ccc(C(F)(F)F)cc3)CC2)CC1. The van der Waals surface area contributed by atoms with E-state index in [1.54, 1.807) is 12.1 Å². The van der Waals surface area contributed by atoms with Crippen molar-refractivity contribution in [1.82, 2.24) is 0 Å². The molecule has 0 aliphatic heterocycles. The van der Waals surface area contributed by atoms with Crippen LogP contribution in [0.2, 0.25) is 0 Å². The topological polar surface area (TPSA) is 0 Å². The van der Waals surface area contributed by atoms with E-state index < -0.39 is 11.7 Å². The van der Waals surface area contributed by atoms with Crippen LogP contribution in [0.15, 0.2) is 24.3 Å². The van der Waals surface area contributed by atoms with E-state index in [9.17, 15) is 13.2 Å². The number of unbranched alkanes of at least 4 members (excludes halogenated alkanes) is 2. The van der Waals surface area contributed by atoms with E-state index in [-0.39, 0.29) is 0 Å². The van der Waals surface area contributed by atoms with E-state index >= 15 is 0 Å². The fourth-order valence-corrected chi connectivity index (χ4v) is 5.50. The van der Waals surface area contributed by atoms with E-state index in [1.165, 1.54) is 76.3 Å². The first-order chi connectivity index (χ1) is 13.0. The maximum Gasteiger partial charge on any atom is 0.416 e. The molecule has 2 fully saturated rings. The molecule has 27 heavy (non-hydrogen) atoms. The molecule has 3 heteroatoms. The Balaban J connectivity index is 1.43. The first kappa shape index (κ1) is 20.7. The van der Waals surface area contributed by atoms with Crippen LogP contribution in [0.3, 0.4) is 0 Å². The second kappa shape index (κ2) is 9.47. The van der Waals surface area contributed by atoms with Gasteiger partial charge in [0.25, 0.3) is 0 Å². The lowest BCUT2D eigenvalue weighted by atomic mass is 9.68. The Hall–Kier alpha value is -0.990. The van der Waals surface area contributed by atoms with Crippen molar-refractivity contribution in [3.8, 4) is 0 Å². The van der Waals surface area contributed by atoms with Crippen molar-refractivity contribution in [3.05, 3.63) is 35.4 Å². The Morgan fingerprint density at radius 1 is 0.778 bits per heavy atom. The van der Waals surface area contributed by atoms with E-state index in [0.717, 1.165) is 36.2 Å². The van der Waals surface area contributed by atoms with Gasteiger partial charge in [-0.1, -0.05) is 57.6 Å². The van der Waals surface area contributed by atoms with E-state index in [1.807, 2.05) is 0 Å². The van der Waals surface area contributed by atoms with Gasteiger partial charge in [-0.15, -0.1) is 0 Å². The first-order valence-corrected chi connectivity index (χ1v) is 11.1. The monoisotopic (exact) mass is 380 g/mol.